The van der Waals surface area contributed by atoms with Crippen LogP contribution in [0.15, 0.2) is 81.8 Å². The third-order valence-electron chi connectivity index (χ3n) is 13.7. The third-order valence-corrected chi connectivity index (χ3v) is 25.0. The molecule has 14 heteroatoms. The second-order valence-electron chi connectivity index (χ2n) is 21.1. The first kappa shape index (κ1) is 95.1. The van der Waals surface area contributed by atoms with E-state index in [0.717, 1.165) is 0 Å². The molecular weight excluding hydrogens is 1530 g/mol. The van der Waals surface area contributed by atoms with Crippen LogP contribution in [0.4, 0.5) is 28.9 Å². The molecule has 1 aliphatic carbocycles. The molecule has 0 N–H and O–H groups in total. The zero-order chi connectivity index (χ0) is 60.0. The Morgan fingerprint density at radius 1 is 0.333 bits per heavy atom. The normalized spacial score (nSPS) is 11.5. The number of nitrogens with zero attached hydrogens (tertiary/aromatic N) is 2. The van der Waals surface area contributed by atoms with Crippen molar-refractivity contribution >= 4 is 54.5 Å². The fourth-order valence-corrected chi connectivity index (χ4v) is 20.1. The van der Waals surface area contributed by atoms with Crippen LogP contribution in [0.2, 0.25) is 0 Å². The fraction of sp³-hybridized carbons (Fsp3) is 0.686. The van der Waals surface area contributed by atoms with E-state index in [2.05, 4.69) is 105 Å². The summed E-state index contributed by atoms with van der Waals surface area (Å²) in [5, 5.41) is 0. The Balaban J connectivity index is -0.000000236. The topological polar surface area (TPSA) is 24.7 Å². The van der Waals surface area contributed by atoms with E-state index in [4.69, 9.17) is 12.8 Å². The van der Waals surface area contributed by atoms with Gasteiger partial charge in [0.05, 0.1) is 0 Å². The average molecular weight is 1650 g/mol. The Morgan fingerprint density at radius 3 is 0.643 bits per heavy atom. The molecule has 0 unspecified atom stereocenters. The molecule has 0 saturated heterocycles. The second-order valence-corrected chi connectivity index (χ2v) is 31.9. The number of aliphatic imine (C=N–C) groups is 2. The number of unbranched alkanes of at least 4 members (excludes halogenated alkanes) is 12. The summed E-state index contributed by atoms with van der Waals surface area (Å²) in [5.41, 5.74) is -1.35. The summed E-state index contributed by atoms with van der Waals surface area (Å²) >= 11 is 0. The van der Waals surface area contributed by atoms with Crippen molar-refractivity contribution in [2.75, 3.05) is 73.9 Å². The van der Waals surface area contributed by atoms with Gasteiger partial charge in [-0.2, -0.15) is 0 Å². The molecule has 84 heavy (non-hydrogen) atoms. The number of rotatable bonds is 38. The molecule has 2 aromatic rings. The summed E-state index contributed by atoms with van der Waals surface area (Å²) in [6, 6.07) is 10.9. The standard InChI is InChI=1S/C22H8F4N2.4C12H27P.2ClH.2Pt/c1-3-13-5-9-15(10-6-13)27-21-17(23)19(25)22(20(26)18(21)24)28-16-11-7-14(4-2)8-12-16;4*1-4-7-10-13(11-8-5-2)12-9-6-3;;;;/h5-12H;4*4-12H2,1-3H3;2*1H;;/p-2. The van der Waals surface area contributed by atoms with Gasteiger partial charge in [0, 0.05) is 42.1 Å². The van der Waals surface area contributed by atoms with Gasteiger partial charge in [0.2, 0.25) is 0 Å². The Kier molecular flexibility index (Phi) is 78.0. The van der Waals surface area contributed by atoms with Crippen molar-refractivity contribution in [1.82, 2.24) is 0 Å². The predicted molar refractivity (Wildman–Crippen MR) is 363 cm³/mol. The first-order valence-electron chi connectivity index (χ1n) is 32.1. The number of benzene rings is 2. The number of allylic oxidation sites excluding steroid dienone is 4. The van der Waals surface area contributed by atoms with Crippen LogP contribution < -0.4 is 24.8 Å². The maximum atomic E-state index is 14.3. The van der Waals surface area contributed by atoms with Crippen LogP contribution in [0.5, 0.6) is 0 Å². The molecule has 0 atom stereocenters. The van der Waals surface area contributed by atoms with Crippen LogP contribution in [-0.2, 0) is 42.1 Å². The summed E-state index contributed by atoms with van der Waals surface area (Å²) in [5.74, 6) is -2.48. The molecule has 2 aromatic carbocycles. The van der Waals surface area contributed by atoms with Crippen molar-refractivity contribution in [3.63, 3.8) is 0 Å². The summed E-state index contributed by atoms with van der Waals surface area (Å²) in [6.07, 6.45) is 66.8. The number of halogens is 6. The monoisotopic (exact) mass is 1640 g/mol. The SMILES string of the molecule is CCCCP(CCCC)CCCC.CCCCP(CCCC)CCCC.CCCCP(CCCC)CCCC.CCCCP(CCCC)CCCC.[C+]#Cc1ccc(N=C2C(F)=C(F)C(=Nc3ccc(C#[C-])cc3)C(F)=C2F)cc1.[Cl-].[Cl-].[Pt].[Pt]. The molecule has 490 valence electrons. The minimum absolute atomic E-state index is 0. The molecule has 0 radical (unpaired) electrons. The molecule has 0 amide bonds. The fourth-order valence-electron chi connectivity index (χ4n) is 8.22. The van der Waals surface area contributed by atoms with E-state index in [0.29, 0.717) is 42.8 Å². The van der Waals surface area contributed by atoms with Crippen LogP contribution >= 0.6 is 31.7 Å². The van der Waals surface area contributed by atoms with Gasteiger partial charge in [-0.1, -0.05) is 172 Å². The number of hydrogen-bond acceptors (Lipinski definition) is 2. The number of hydrogen-bond donors (Lipinski definition) is 0. The van der Waals surface area contributed by atoms with Crippen molar-refractivity contribution < 1.29 is 84.5 Å². The summed E-state index contributed by atoms with van der Waals surface area (Å²) in [7, 11) is 1.69. The molecule has 0 fully saturated rings. The third kappa shape index (κ3) is 49.7. The van der Waals surface area contributed by atoms with Crippen LogP contribution in [0, 0.1) is 24.7 Å². The van der Waals surface area contributed by atoms with Gasteiger partial charge >= 0.3 is 116 Å². The Bertz CT molecular complexity index is 1700. The van der Waals surface area contributed by atoms with E-state index < -0.39 is 34.7 Å². The van der Waals surface area contributed by atoms with Gasteiger partial charge in [-0.15, -0.1) is 49.4 Å². The van der Waals surface area contributed by atoms with Gasteiger partial charge in [0.1, 0.15) is 0 Å². The average Bonchev–Trinajstić information content (AvgIpc) is 3.49. The molecule has 0 aliphatic heterocycles. The molecule has 0 bridgehead atoms. The van der Waals surface area contributed by atoms with Gasteiger partial charge in [-0.25, -0.2) is 0 Å². The van der Waals surface area contributed by atoms with Gasteiger partial charge in [-0.3, -0.25) is 5.92 Å². The van der Waals surface area contributed by atoms with Crippen molar-refractivity contribution in [3.8, 4) is 11.8 Å². The van der Waals surface area contributed by atoms with E-state index in [1.165, 1.54) is 203 Å². The smallest absolute Gasteiger partial charge is 0 e. The van der Waals surface area contributed by atoms with Crippen LogP contribution in [0.1, 0.15) is 248 Å². The molecule has 0 heterocycles. The summed E-state index contributed by atoms with van der Waals surface area (Å²) in [6.45, 7) is 27.8. The first-order chi connectivity index (χ1) is 38.8. The maximum absolute atomic E-state index is 14.3. The van der Waals surface area contributed by atoms with E-state index in [-0.39, 0.29) is 78.3 Å². The Hall–Kier alpha value is -0.00338. The van der Waals surface area contributed by atoms with Crippen molar-refractivity contribution in [2.45, 2.75) is 237 Å². The van der Waals surface area contributed by atoms with Crippen molar-refractivity contribution in [1.29, 1.82) is 0 Å². The molecule has 0 aromatic heterocycles. The minimum atomic E-state index is -1.68. The van der Waals surface area contributed by atoms with Gasteiger partial charge in [0.15, 0.2) is 0 Å². The van der Waals surface area contributed by atoms with Crippen LogP contribution in [-0.4, -0.2) is 85.4 Å². The Morgan fingerprint density at radius 2 is 0.500 bits per heavy atom. The summed E-state index contributed by atoms with van der Waals surface area (Å²) in [4.78, 5) is 7.24. The molecule has 1 aliphatic rings. The predicted octanol–water partition coefficient (Wildman–Crippen LogP) is 19.2. The van der Waals surface area contributed by atoms with Gasteiger partial charge < -0.3 is 31.2 Å². The summed E-state index contributed by atoms with van der Waals surface area (Å²) < 4.78 is 57.4. The molecule has 0 saturated carbocycles. The zero-order valence-corrected chi connectivity index (χ0v) is 64.3. The van der Waals surface area contributed by atoms with Crippen LogP contribution in [0.3, 0.4) is 0 Å². The Labute approximate surface area is 563 Å². The van der Waals surface area contributed by atoms with E-state index in [1.54, 1.807) is 73.9 Å². The second kappa shape index (κ2) is 68.9. The molecule has 0 spiro atoms. The molecule has 3 rings (SSSR count). The van der Waals surface area contributed by atoms with Crippen molar-refractivity contribution in [2.24, 2.45) is 9.98 Å². The molecular formula is C70H116Cl2F4N2P4Pt2-2. The van der Waals surface area contributed by atoms with E-state index >= 15 is 0 Å². The largest absolute Gasteiger partial charge is 1.00 e. The van der Waals surface area contributed by atoms with Crippen molar-refractivity contribution in [3.05, 3.63) is 95.8 Å². The molecule has 2 nitrogen and oxygen atoms in total. The van der Waals surface area contributed by atoms with E-state index in [9.17, 15) is 17.6 Å². The van der Waals surface area contributed by atoms with Crippen LogP contribution in [0.25, 0.3) is 0 Å². The maximum Gasteiger partial charge on any atom is 0 e. The van der Waals surface area contributed by atoms with Gasteiger partial charge in [-0.05, 0) is 151 Å². The van der Waals surface area contributed by atoms with E-state index in [1.807, 2.05) is 0 Å². The van der Waals surface area contributed by atoms with Gasteiger partial charge in [0.25, 0.3) is 0 Å². The minimum Gasteiger partial charge on any atom is -1.00 e. The zero-order valence-electron chi connectivity index (χ0n) is 54.7. The quantitative estimate of drug-likeness (QED) is 0.0210. The first-order valence-corrected chi connectivity index (χ1v) is 39.7.